The Labute approximate surface area is 152 Å². The van der Waals surface area contributed by atoms with Gasteiger partial charge in [-0.05, 0) is 42.2 Å². The number of carboxylic acid groups (broad SMARTS) is 1. The zero-order valence-electron chi connectivity index (χ0n) is 14.0. The smallest absolute Gasteiger partial charge is 0.335 e. The first-order valence-electron chi connectivity index (χ1n) is 8.74. The summed E-state index contributed by atoms with van der Waals surface area (Å²) in [5.74, 6) is -0.818. The van der Waals surface area contributed by atoms with Crippen LogP contribution in [-0.4, -0.2) is 42.2 Å². The first-order chi connectivity index (χ1) is 12.1. The summed E-state index contributed by atoms with van der Waals surface area (Å²) in [5.41, 5.74) is 3.79. The zero-order chi connectivity index (χ0) is 17.4. The van der Waals surface area contributed by atoms with Gasteiger partial charge in [0.2, 0.25) is 0 Å². The molecule has 0 bridgehead atoms. The van der Waals surface area contributed by atoms with E-state index in [9.17, 15) is 9.90 Å². The number of hydrogen-bond donors (Lipinski definition) is 1. The number of para-hydroxylation sites is 1. The minimum absolute atomic E-state index is 0.336. The topological polar surface area (TPSA) is 43.8 Å². The quantitative estimate of drug-likeness (QED) is 0.907. The first kappa shape index (κ1) is 16.4. The summed E-state index contributed by atoms with van der Waals surface area (Å²) in [6.07, 6.45) is 1.86. The molecule has 4 rings (SSSR count). The van der Waals surface area contributed by atoms with Crippen LogP contribution < -0.4 is 4.90 Å². The second-order valence-electron chi connectivity index (χ2n) is 6.71. The molecule has 1 fully saturated rings. The van der Waals surface area contributed by atoms with E-state index in [4.69, 9.17) is 11.6 Å². The average Bonchev–Trinajstić information content (AvgIpc) is 3.06. The lowest BCUT2D eigenvalue weighted by atomic mass is 10.0. The third-order valence-corrected chi connectivity index (χ3v) is 5.74. The molecule has 0 amide bonds. The minimum atomic E-state index is -0.818. The van der Waals surface area contributed by atoms with Gasteiger partial charge in [-0.15, -0.1) is 0 Å². The van der Waals surface area contributed by atoms with Gasteiger partial charge in [0, 0.05) is 32.2 Å². The van der Waals surface area contributed by atoms with Gasteiger partial charge in [0.1, 0.15) is 0 Å². The van der Waals surface area contributed by atoms with E-state index in [2.05, 4.69) is 21.9 Å². The summed E-state index contributed by atoms with van der Waals surface area (Å²) in [4.78, 5) is 16.3. The molecule has 25 heavy (non-hydrogen) atoms. The zero-order valence-corrected chi connectivity index (χ0v) is 14.7. The van der Waals surface area contributed by atoms with Gasteiger partial charge in [-0.25, -0.2) is 4.79 Å². The highest BCUT2D eigenvalue weighted by Gasteiger charge is 2.32. The highest BCUT2D eigenvalue weighted by atomic mass is 35.5. The van der Waals surface area contributed by atoms with Crippen molar-refractivity contribution in [1.82, 2.24) is 4.90 Å². The Balaban J connectivity index is 1.49. The van der Waals surface area contributed by atoms with E-state index in [0.717, 1.165) is 55.3 Å². The number of nitrogens with zero attached hydrogens (tertiary/aromatic N) is 2. The molecule has 1 aliphatic carbocycles. The Morgan fingerprint density at radius 2 is 1.80 bits per heavy atom. The van der Waals surface area contributed by atoms with Crippen LogP contribution in [0.2, 0.25) is 5.02 Å². The van der Waals surface area contributed by atoms with E-state index in [1.54, 1.807) is 6.07 Å². The van der Waals surface area contributed by atoms with Crippen molar-refractivity contribution in [2.45, 2.75) is 18.9 Å². The lowest BCUT2D eigenvalue weighted by molar-refractivity contribution is 0.0695. The molecule has 1 saturated heterocycles. The van der Waals surface area contributed by atoms with Crippen LogP contribution in [0.25, 0.3) is 0 Å². The second-order valence-corrected chi connectivity index (χ2v) is 7.11. The maximum Gasteiger partial charge on any atom is 0.335 e. The predicted octanol–water partition coefficient (Wildman–Crippen LogP) is 3.85. The van der Waals surface area contributed by atoms with Gasteiger partial charge in [-0.3, -0.25) is 4.90 Å². The number of rotatable bonds is 3. The Hall–Kier alpha value is -2.04. The van der Waals surface area contributed by atoms with Crippen molar-refractivity contribution in [2.24, 2.45) is 0 Å². The monoisotopic (exact) mass is 356 g/mol. The van der Waals surface area contributed by atoms with E-state index in [0.29, 0.717) is 11.6 Å². The number of fused-ring (bicyclic) bond motifs is 1. The van der Waals surface area contributed by atoms with E-state index >= 15 is 0 Å². The number of aromatic carboxylic acids is 1. The summed E-state index contributed by atoms with van der Waals surface area (Å²) in [7, 11) is 0. The Morgan fingerprint density at radius 3 is 2.52 bits per heavy atom. The molecule has 0 spiro atoms. The SMILES string of the molecule is O=C(O)c1cccc2c1CCC2N1CCN(c2ccccc2Cl)CC1. The Bertz CT molecular complexity index is 800. The molecule has 0 radical (unpaired) electrons. The number of carbonyl (C=O) groups is 1. The van der Waals surface area contributed by atoms with Crippen LogP contribution in [0, 0.1) is 0 Å². The Kier molecular flexibility index (Phi) is 4.40. The van der Waals surface area contributed by atoms with Crippen molar-refractivity contribution >= 4 is 23.3 Å². The van der Waals surface area contributed by atoms with Crippen molar-refractivity contribution < 1.29 is 9.90 Å². The fourth-order valence-corrected chi connectivity index (χ4v) is 4.45. The number of hydrogen-bond acceptors (Lipinski definition) is 3. The highest BCUT2D eigenvalue weighted by molar-refractivity contribution is 6.33. The molecule has 1 heterocycles. The van der Waals surface area contributed by atoms with Crippen LogP contribution in [0.15, 0.2) is 42.5 Å². The molecule has 1 atom stereocenters. The largest absolute Gasteiger partial charge is 0.478 e. The molecule has 2 aromatic carbocycles. The molecule has 1 N–H and O–H groups in total. The molecule has 1 unspecified atom stereocenters. The van der Waals surface area contributed by atoms with Crippen LogP contribution in [0.1, 0.15) is 33.9 Å². The van der Waals surface area contributed by atoms with Crippen LogP contribution in [0.4, 0.5) is 5.69 Å². The van der Waals surface area contributed by atoms with Gasteiger partial charge in [0.05, 0.1) is 16.3 Å². The van der Waals surface area contributed by atoms with Gasteiger partial charge < -0.3 is 10.0 Å². The van der Waals surface area contributed by atoms with Crippen molar-refractivity contribution in [3.63, 3.8) is 0 Å². The molecule has 130 valence electrons. The fourth-order valence-electron chi connectivity index (χ4n) is 4.19. The average molecular weight is 357 g/mol. The van der Waals surface area contributed by atoms with E-state index in [1.807, 2.05) is 24.3 Å². The molecule has 2 aliphatic rings. The molecule has 2 aromatic rings. The predicted molar refractivity (Wildman–Crippen MR) is 99.7 cm³/mol. The second kappa shape index (κ2) is 6.70. The number of benzene rings is 2. The lowest BCUT2D eigenvalue weighted by Crippen LogP contribution is -2.47. The number of halogens is 1. The van der Waals surface area contributed by atoms with Crippen molar-refractivity contribution in [2.75, 3.05) is 31.1 Å². The lowest BCUT2D eigenvalue weighted by Gasteiger charge is -2.39. The normalized spacial score (nSPS) is 20.5. The van der Waals surface area contributed by atoms with Crippen molar-refractivity contribution in [1.29, 1.82) is 0 Å². The highest BCUT2D eigenvalue weighted by Crippen LogP contribution is 2.38. The Morgan fingerprint density at radius 1 is 1.04 bits per heavy atom. The van der Waals surface area contributed by atoms with Gasteiger partial charge in [0.15, 0.2) is 0 Å². The van der Waals surface area contributed by atoms with Crippen LogP contribution >= 0.6 is 11.6 Å². The summed E-state index contributed by atoms with van der Waals surface area (Å²) in [5, 5.41) is 10.2. The maximum absolute atomic E-state index is 11.4. The van der Waals surface area contributed by atoms with E-state index < -0.39 is 5.97 Å². The molecule has 4 nitrogen and oxygen atoms in total. The van der Waals surface area contributed by atoms with E-state index in [-0.39, 0.29) is 0 Å². The van der Waals surface area contributed by atoms with E-state index in [1.165, 1.54) is 5.56 Å². The molecule has 0 saturated carbocycles. The minimum Gasteiger partial charge on any atom is -0.478 e. The molecule has 5 heteroatoms. The number of piperazine rings is 1. The number of carboxylic acids is 1. The third-order valence-electron chi connectivity index (χ3n) is 5.42. The molecular formula is C20H21ClN2O2. The summed E-state index contributed by atoms with van der Waals surface area (Å²) in [6, 6.07) is 14.0. The van der Waals surface area contributed by atoms with Crippen LogP contribution in [0.3, 0.4) is 0 Å². The molecule has 1 aliphatic heterocycles. The van der Waals surface area contributed by atoms with Crippen LogP contribution in [0.5, 0.6) is 0 Å². The molecular weight excluding hydrogens is 336 g/mol. The van der Waals surface area contributed by atoms with Gasteiger partial charge in [0.25, 0.3) is 0 Å². The molecule has 0 aromatic heterocycles. The number of anilines is 1. The van der Waals surface area contributed by atoms with Crippen LogP contribution in [-0.2, 0) is 6.42 Å². The summed E-state index contributed by atoms with van der Waals surface area (Å²) in [6.45, 7) is 3.81. The third kappa shape index (κ3) is 3.00. The first-order valence-corrected chi connectivity index (χ1v) is 9.11. The van der Waals surface area contributed by atoms with Crippen molar-refractivity contribution in [3.8, 4) is 0 Å². The van der Waals surface area contributed by atoms with Crippen molar-refractivity contribution in [3.05, 3.63) is 64.2 Å². The van der Waals surface area contributed by atoms with Gasteiger partial charge in [-0.1, -0.05) is 35.9 Å². The van der Waals surface area contributed by atoms with Gasteiger partial charge in [-0.2, -0.15) is 0 Å². The van der Waals surface area contributed by atoms with Gasteiger partial charge >= 0.3 is 5.97 Å². The maximum atomic E-state index is 11.4. The standard InChI is InChI=1S/C20H21ClN2O2/c21-17-6-1-2-7-19(17)23-12-10-22(11-13-23)18-9-8-14-15(18)4-3-5-16(14)20(24)25/h1-7,18H,8-13H2,(H,24,25). The summed E-state index contributed by atoms with van der Waals surface area (Å²) >= 11 is 6.32. The summed E-state index contributed by atoms with van der Waals surface area (Å²) < 4.78 is 0. The fraction of sp³-hybridized carbons (Fsp3) is 0.350.